The molecule has 0 saturated carbocycles. The number of ketones is 1. The number of hydrogen-bond donors (Lipinski definition) is 2. The molecule has 4 rings (SSSR count). The van der Waals surface area contributed by atoms with Crippen LogP contribution < -0.4 is 15.4 Å². The van der Waals surface area contributed by atoms with Crippen LogP contribution in [0.2, 0.25) is 0 Å². The van der Waals surface area contributed by atoms with Crippen molar-refractivity contribution in [2.24, 2.45) is 0 Å². The Morgan fingerprint density at radius 1 is 1.00 bits per heavy atom. The topological polar surface area (TPSA) is 79.0 Å². The van der Waals surface area contributed by atoms with Crippen LogP contribution in [0.5, 0.6) is 5.75 Å². The second kappa shape index (κ2) is 11.8. The lowest BCUT2D eigenvalue weighted by Gasteiger charge is -2.36. The van der Waals surface area contributed by atoms with E-state index >= 15 is 0 Å². The number of Topliss-reactive ketones (excluding diaryl/α,β-unsaturated/α-hetero) is 1. The molecule has 6 nitrogen and oxygen atoms in total. The molecule has 1 atom stereocenters. The van der Waals surface area contributed by atoms with Gasteiger partial charge in [0.1, 0.15) is 24.3 Å². The van der Waals surface area contributed by atoms with Crippen LogP contribution in [0.25, 0.3) is 0 Å². The molecular formula is C28H32FN3O3. The average Bonchev–Trinajstić information content (AvgIpc) is 2.88. The third-order valence-corrected chi connectivity index (χ3v) is 6.26. The Morgan fingerprint density at radius 2 is 1.71 bits per heavy atom. The largest absolute Gasteiger partial charge is 0.490 e. The Labute approximate surface area is 205 Å². The second-order valence-corrected chi connectivity index (χ2v) is 8.89. The third-order valence-electron chi connectivity index (χ3n) is 6.26. The van der Waals surface area contributed by atoms with Gasteiger partial charge in [-0.15, -0.1) is 0 Å². The molecule has 0 radical (unpaired) electrons. The number of aliphatic hydroxyl groups excluding tert-OH is 1. The summed E-state index contributed by atoms with van der Waals surface area (Å²) in [5.74, 6) is -0.367. The normalized spacial score (nSPS) is 15.1. The third kappa shape index (κ3) is 7.04. The summed E-state index contributed by atoms with van der Waals surface area (Å²) in [7, 11) is 0. The number of nitrogen functional groups attached to an aromatic ring is 1. The zero-order chi connectivity index (χ0) is 24.6. The van der Waals surface area contributed by atoms with Crippen LogP contribution in [0.4, 0.5) is 15.8 Å². The number of halogens is 1. The van der Waals surface area contributed by atoms with Crippen LogP contribution in [0.1, 0.15) is 22.3 Å². The van der Waals surface area contributed by atoms with Gasteiger partial charge in [0.25, 0.3) is 0 Å². The van der Waals surface area contributed by atoms with Crippen LogP contribution in [-0.2, 0) is 6.42 Å². The Balaban J connectivity index is 1.26. The van der Waals surface area contributed by atoms with Crippen LogP contribution in [-0.4, -0.2) is 61.2 Å². The first kappa shape index (κ1) is 24.7. The van der Waals surface area contributed by atoms with E-state index in [2.05, 4.69) is 9.80 Å². The maximum atomic E-state index is 13.9. The van der Waals surface area contributed by atoms with Gasteiger partial charge in [0.15, 0.2) is 5.78 Å². The molecule has 1 aliphatic rings. The van der Waals surface area contributed by atoms with Crippen molar-refractivity contribution in [1.82, 2.24) is 4.90 Å². The average molecular weight is 478 g/mol. The number of aryl methyl sites for hydroxylation is 1. The minimum absolute atomic E-state index is 0.0305. The van der Waals surface area contributed by atoms with Crippen LogP contribution in [0.15, 0.2) is 72.8 Å². The Hall–Kier alpha value is -3.42. The van der Waals surface area contributed by atoms with Gasteiger partial charge in [-0.3, -0.25) is 9.69 Å². The van der Waals surface area contributed by atoms with E-state index in [1.165, 1.54) is 18.2 Å². The molecule has 1 unspecified atom stereocenters. The fourth-order valence-corrected chi connectivity index (χ4v) is 4.29. The molecule has 1 aliphatic heterocycles. The molecule has 1 heterocycles. The molecule has 3 N–H and O–H groups in total. The molecule has 3 aromatic carbocycles. The molecule has 184 valence electrons. The van der Waals surface area contributed by atoms with Gasteiger partial charge in [-0.25, -0.2) is 4.39 Å². The van der Waals surface area contributed by atoms with Gasteiger partial charge in [-0.05, 0) is 54.4 Å². The Bertz CT molecular complexity index is 1100. The van der Waals surface area contributed by atoms with E-state index in [9.17, 15) is 14.3 Å². The maximum Gasteiger partial charge on any atom is 0.167 e. The number of piperazine rings is 1. The van der Waals surface area contributed by atoms with Crippen LogP contribution in [0.3, 0.4) is 0 Å². The van der Waals surface area contributed by atoms with Crippen molar-refractivity contribution in [2.75, 3.05) is 50.0 Å². The highest BCUT2D eigenvalue weighted by atomic mass is 19.1. The summed E-state index contributed by atoms with van der Waals surface area (Å²) in [4.78, 5) is 17.3. The van der Waals surface area contributed by atoms with Crippen LogP contribution >= 0.6 is 0 Å². The lowest BCUT2D eigenvalue weighted by atomic mass is 10.0. The van der Waals surface area contributed by atoms with Crippen molar-refractivity contribution >= 4 is 17.2 Å². The van der Waals surface area contributed by atoms with E-state index in [1.54, 1.807) is 0 Å². The fraction of sp³-hybridized carbons (Fsp3) is 0.321. The lowest BCUT2D eigenvalue weighted by molar-refractivity contribution is 0.0655. The van der Waals surface area contributed by atoms with Crippen molar-refractivity contribution in [3.8, 4) is 5.75 Å². The van der Waals surface area contributed by atoms with Gasteiger partial charge in [-0.1, -0.05) is 30.3 Å². The standard InChI is InChI=1S/C28H32FN3O3/c29-22-7-13-28(26(18-22)27(34)12-6-21-4-2-1-3-5-21)35-20-25(33)19-31-14-16-32(17-15-31)24-10-8-23(30)9-11-24/h1-5,7-11,13,18,25,33H,6,12,14-17,19-20,30H2. The number of ether oxygens (including phenoxy) is 1. The second-order valence-electron chi connectivity index (χ2n) is 8.89. The number of hydrogen-bond acceptors (Lipinski definition) is 6. The van der Waals surface area contributed by atoms with Gasteiger partial charge in [0.05, 0.1) is 5.56 Å². The minimum atomic E-state index is -0.726. The number of benzene rings is 3. The summed E-state index contributed by atoms with van der Waals surface area (Å²) in [5.41, 5.74) is 8.92. The quantitative estimate of drug-likeness (QED) is 0.342. The maximum absolute atomic E-state index is 13.9. The van der Waals surface area contributed by atoms with E-state index in [0.717, 1.165) is 43.1 Å². The van der Waals surface area contributed by atoms with Crippen molar-refractivity contribution < 1.29 is 19.0 Å². The van der Waals surface area contributed by atoms with Crippen molar-refractivity contribution in [3.05, 3.63) is 89.7 Å². The number of carbonyl (C=O) groups is 1. The van der Waals surface area contributed by atoms with Crippen molar-refractivity contribution in [3.63, 3.8) is 0 Å². The zero-order valence-corrected chi connectivity index (χ0v) is 19.8. The van der Waals surface area contributed by atoms with Gasteiger partial charge in [0.2, 0.25) is 0 Å². The highest BCUT2D eigenvalue weighted by Crippen LogP contribution is 2.23. The predicted molar refractivity (Wildman–Crippen MR) is 137 cm³/mol. The van der Waals surface area contributed by atoms with Crippen molar-refractivity contribution in [1.29, 1.82) is 0 Å². The molecule has 3 aromatic rings. The molecular weight excluding hydrogens is 445 g/mol. The predicted octanol–water partition coefficient (Wildman–Crippen LogP) is 3.79. The molecule has 7 heteroatoms. The van der Waals surface area contributed by atoms with Gasteiger partial charge >= 0.3 is 0 Å². The summed E-state index contributed by atoms with van der Waals surface area (Å²) in [6.07, 6.45) is 0.0982. The fourth-order valence-electron chi connectivity index (χ4n) is 4.29. The Kier molecular flexibility index (Phi) is 8.34. The lowest BCUT2D eigenvalue weighted by Crippen LogP contribution is -2.49. The number of nitrogens with two attached hydrogens (primary N) is 1. The zero-order valence-electron chi connectivity index (χ0n) is 19.8. The molecule has 0 amide bonds. The van der Waals surface area contributed by atoms with Gasteiger partial charge in [-0.2, -0.15) is 0 Å². The summed E-state index contributed by atoms with van der Waals surface area (Å²) < 4.78 is 19.7. The van der Waals surface area contributed by atoms with Gasteiger partial charge in [0, 0.05) is 50.5 Å². The highest BCUT2D eigenvalue weighted by Gasteiger charge is 2.21. The van der Waals surface area contributed by atoms with E-state index in [0.29, 0.717) is 18.7 Å². The molecule has 0 bridgehead atoms. The van der Waals surface area contributed by atoms with Crippen molar-refractivity contribution in [2.45, 2.75) is 18.9 Å². The van der Waals surface area contributed by atoms with E-state index in [-0.39, 0.29) is 24.4 Å². The highest BCUT2D eigenvalue weighted by molar-refractivity contribution is 5.98. The number of aliphatic hydroxyl groups is 1. The summed E-state index contributed by atoms with van der Waals surface area (Å²) in [6, 6.07) is 21.5. The number of β-amino-alcohol motifs (C(OH)–C–C–N with tert-alkyl or cyclic N) is 1. The summed E-state index contributed by atoms with van der Waals surface area (Å²) >= 11 is 0. The minimum Gasteiger partial charge on any atom is -0.490 e. The van der Waals surface area contributed by atoms with Crippen LogP contribution in [0, 0.1) is 5.82 Å². The van der Waals surface area contributed by atoms with E-state index in [1.807, 2.05) is 54.6 Å². The smallest absolute Gasteiger partial charge is 0.167 e. The Morgan fingerprint density at radius 3 is 2.43 bits per heavy atom. The first-order valence-electron chi connectivity index (χ1n) is 12.0. The molecule has 0 aromatic heterocycles. The number of carbonyl (C=O) groups excluding carboxylic acids is 1. The first-order valence-corrected chi connectivity index (χ1v) is 12.0. The van der Waals surface area contributed by atoms with E-state index in [4.69, 9.17) is 10.5 Å². The molecule has 1 saturated heterocycles. The molecule has 0 spiro atoms. The molecule has 0 aliphatic carbocycles. The SMILES string of the molecule is Nc1ccc(N2CCN(CC(O)COc3ccc(F)cc3C(=O)CCc3ccccc3)CC2)cc1. The molecule has 1 fully saturated rings. The van der Waals surface area contributed by atoms with Gasteiger partial charge < -0.3 is 20.5 Å². The summed E-state index contributed by atoms with van der Waals surface area (Å²) in [5, 5.41) is 10.6. The monoisotopic (exact) mass is 477 g/mol. The molecule has 35 heavy (non-hydrogen) atoms. The summed E-state index contributed by atoms with van der Waals surface area (Å²) in [6.45, 7) is 3.85. The number of rotatable bonds is 10. The number of nitrogens with zero attached hydrogens (tertiary/aromatic N) is 2. The first-order chi connectivity index (χ1) is 17.0. The number of anilines is 2. The van der Waals surface area contributed by atoms with E-state index < -0.39 is 11.9 Å².